The first-order valence-corrected chi connectivity index (χ1v) is 6.62. The fourth-order valence-electron chi connectivity index (χ4n) is 1.82. The monoisotopic (exact) mass is 302 g/mol. The number of rotatable bonds is 3. The molecular weight excluding hydrogens is 292 g/mol. The van der Waals surface area contributed by atoms with Crippen molar-refractivity contribution in [2.75, 3.05) is 0 Å². The van der Waals surface area contributed by atoms with E-state index in [1.54, 1.807) is 24.4 Å². The highest BCUT2D eigenvalue weighted by atomic mass is 35.5. The fraction of sp³-hybridized carbons (Fsp3) is 0.143. The molecule has 1 aromatic carbocycles. The molecular formula is C14H11ClN4O2. The molecule has 0 aliphatic carbocycles. The van der Waals surface area contributed by atoms with Crippen LogP contribution in [0.4, 0.5) is 0 Å². The molecule has 0 atom stereocenters. The molecule has 2 heterocycles. The second-order valence-corrected chi connectivity index (χ2v) is 4.81. The molecule has 0 spiro atoms. The van der Waals surface area contributed by atoms with Crippen molar-refractivity contribution >= 4 is 23.3 Å². The van der Waals surface area contributed by atoms with Gasteiger partial charge < -0.3 is 4.74 Å². The zero-order valence-corrected chi connectivity index (χ0v) is 11.9. The molecule has 0 aliphatic rings. The third-order valence-corrected chi connectivity index (χ3v) is 3.30. The SMILES string of the molecule is Cc1ccnc2nc(C(=O)OCc3ccccc3Cl)nn12. The lowest BCUT2D eigenvalue weighted by Gasteiger charge is -2.04. The molecule has 0 saturated heterocycles. The molecule has 0 saturated carbocycles. The Balaban J connectivity index is 1.78. The number of hydrogen-bond donors (Lipinski definition) is 0. The van der Waals surface area contributed by atoms with Crippen LogP contribution in [0.1, 0.15) is 21.9 Å². The minimum atomic E-state index is -0.611. The quantitative estimate of drug-likeness (QED) is 0.695. The Labute approximate surface area is 125 Å². The topological polar surface area (TPSA) is 69.4 Å². The van der Waals surface area contributed by atoms with Gasteiger partial charge in [0.1, 0.15) is 6.61 Å². The maximum absolute atomic E-state index is 12.0. The van der Waals surface area contributed by atoms with Crippen LogP contribution < -0.4 is 0 Å². The van der Waals surface area contributed by atoms with E-state index >= 15 is 0 Å². The molecule has 0 radical (unpaired) electrons. The predicted octanol–water partition coefficient (Wildman–Crippen LogP) is 2.44. The van der Waals surface area contributed by atoms with Crippen LogP contribution in [-0.4, -0.2) is 25.6 Å². The molecule has 6 nitrogen and oxygen atoms in total. The van der Waals surface area contributed by atoms with Crippen LogP contribution in [0.15, 0.2) is 36.5 Å². The van der Waals surface area contributed by atoms with Gasteiger partial charge in [-0.3, -0.25) is 0 Å². The summed E-state index contributed by atoms with van der Waals surface area (Å²) in [5.74, 6) is -0.275. The van der Waals surface area contributed by atoms with Gasteiger partial charge in [0.25, 0.3) is 11.6 Å². The first-order valence-electron chi connectivity index (χ1n) is 6.24. The summed E-state index contributed by atoms with van der Waals surface area (Å²) in [7, 11) is 0. The van der Waals surface area contributed by atoms with Crippen LogP contribution >= 0.6 is 11.6 Å². The minimum Gasteiger partial charge on any atom is -0.455 e. The number of halogens is 1. The van der Waals surface area contributed by atoms with Gasteiger partial charge in [0, 0.05) is 22.5 Å². The average molecular weight is 303 g/mol. The maximum Gasteiger partial charge on any atom is 0.378 e. The van der Waals surface area contributed by atoms with E-state index in [1.165, 1.54) is 4.52 Å². The van der Waals surface area contributed by atoms with Crippen LogP contribution in [0, 0.1) is 6.92 Å². The molecule has 106 valence electrons. The van der Waals surface area contributed by atoms with Gasteiger partial charge in [-0.25, -0.2) is 14.3 Å². The average Bonchev–Trinajstić information content (AvgIpc) is 2.92. The van der Waals surface area contributed by atoms with Crippen molar-refractivity contribution in [3.8, 4) is 0 Å². The van der Waals surface area contributed by atoms with E-state index in [0.29, 0.717) is 10.8 Å². The Morgan fingerprint density at radius 3 is 2.90 bits per heavy atom. The van der Waals surface area contributed by atoms with Crippen molar-refractivity contribution in [1.29, 1.82) is 0 Å². The number of fused-ring (bicyclic) bond motifs is 1. The standard InChI is InChI=1S/C14H11ClN4O2/c1-9-6-7-16-14-17-12(18-19(9)14)13(20)21-8-10-4-2-3-5-11(10)15/h2-7H,8H2,1H3. The summed E-state index contributed by atoms with van der Waals surface area (Å²) in [5, 5.41) is 4.63. The van der Waals surface area contributed by atoms with Gasteiger partial charge in [0.05, 0.1) is 0 Å². The Kier molecular flexibility index (Phi) is 3.53. The number of esters is 1. The first-order chi connectivity index (χ1) is 10.1. The molecule has 3 aromatic rings. The van der Waals surface area contributed by atoms with Crippen LogP contribution in [0.3, 0.4) is 0 Å². The number of ether oxygens (including phenoxy) is 1. The Morgan fingerprint density at radius 2 is 2.14 bits per heavy atom. The Hall–Kier alpha value is -2.47. The van der Waals surface area contributed by atoms with Gasteiger partial charge in [0.15, 0.2) is 0 Å². The van der Waals surface area contributed by atoms with Gasteiger partial charge in [-0.1, -0.05) is 29.8 Å². The van der Waals surface area contributed by atoms with Crippen LogP contribution in [0.2, 0.25) is 5.02 Å². The van der Waals surface area contributed by atoms with Crippen molar-refractivity contribution < 1.29 is 9.53 Å². The molecule has 3 rings (SSSR count). The summed E-state index contributed by atoms with van der Waals surface area (Å²) >= 11 is 6.00. The van der Waals surface area contributed by atoms with E-state index < -0.39 is 5.97 Å². The van der Waals surface area contributed by atoms with E-state index in [2.05, 4.69) is 15.1 Å². The lowest BCUT2D eigenvalue weighted by Crippen LogP contribution is -2.08. The lowest BCUT2D eigenvalue weighted by atomic mass is 10.2. The van der Waals surface area contributed by atoms with Crippen molar-refractivity contribution in [3.05, 3.63) is 58.6 Å². The van der Waals surface area contributed by atoms with Crippen molar-refractivity contribution in [1.82, 2.24) is 19.6 Å². The smallest absolute Gasteiger partial charge is 0.378 e. The number of carbonyl (C=O) groups is 1. The largest absolute Gasteiger partial charge is 0.455 e. The van der Waals surface area contributed by atoms with E-state index in [9.17, 15) is 4.79 Å². The maximum atomic E-state index is 12.0. The van der Waals surface area contributed by atoms with Crippen molar-refractivity contribution in [2.24, 2.45) is 0 Å². The number of nitrogens with zero attached hydrogens (tertiary/aromatic N) is 4. The van der Waals surface area contributed by atoms with E-state index in [0.717, 1.165) is 11.3 Å². The zero-order valence-electron chi connectivity index (χ0n) is 11.2. The Morgan fingerprint density at radius 1 is 1.33 bits per heavy atom. The van der Waals surface area contributed by atoms with Gasteiger partial charge >= 0.3 is 5.97 Å². The summed E-state index contributed by atoms with van der Waals surface area (Å²) in [6, 6.07) is 8.94. The second kappa shape index (κ2) is 5.49. The summed E-state index contributed by atoms with van der Waals surface area (Å²) in [5.41, 5.74) is 1.56. The highest BCUT2D eigenvalue weighted by Crippen LogP contribution is 2.16. The highest BCUT2D eigenvalue weighted by molar-refractivity contribution is 6.31. The van der Waals surface area contributed by atoms with Crippen molar-refractivity contribution in [2.45, 2.75) is 13.5 Å². The molecule has 2 aromatic heterocycles. The zero-order chi connectivity index (χ0) is 14.8. The third kappa shape index (κ3) is 2.71. The van der Waals surface area contributed by atoms with Gasteiger partial charge in [-0.05, 0) is 19.1 Å². The number of benzene rings is 1. The Bertz CT molecular complexity index is 816. The van der Waals surface area contributed by atoms with Crippen molar-refractivity contribution in [3.63, 3.8) is 0 Å². The summed E-state index contributed by atoms with van der Waals surface area (Å²) < 4.78 is 6.67. The first kappa shape index (κ1) is 13.5. The lowest BCUT2D eigenvalue weighted by molar-refractivity contribution is 0.0458. The predicted molar refractivity (Wildman–Crippen MR) is 76.1 cm³/mol. The van der Waals surface area contributed by atoms with Crippen LogP contribution in [0.25, 0.3) is 5.78 Å². The number of carbonyl (C=O) groups excluding carboxylic acids is 1. The van der Waals surface area contributed by atoms with Gasteiger partial charge in [-0.15, -0.1) is 5.10 Å². The summed E-state index contributed by atoms with van der Waals surface area (Å²) in [4.78, 5) is 20.1. The van der Waals surface area contributed by atoms with Gasteiger partial charge in [-0.2, -0.15) is 4.98 Å². The highest BCUT2D eigenvalue weighted by Gasteiger charge is 2.16. The normalized spacial score (nSPS) is 10.8. The van der Waals surface area contributed by atoms with Crippen LogP contribution in [-0.2, 0) is 11.3 Å². The number of aromatic nitrogens is 4. The van der Waals surface area contributed by atoms with E-state index in [4.69, 9.17) is 16.3 Å². The molecule has 0 unspecified atom stereocenters. The third-order valence-electron chi connectivity index (χ3n) is 2.93. The molecule has 0 fully saturated rings. The minimum absolute atomic E-state index is 0.0242. The van der Waals surface area contributed by atoms with Gasteiger partial charge in [0.2, 0.25) is 0 Å². The molecule has 0 aliphatic heterocycles. The van der Waals surface area contributed by atoms with Crippen LogP contribution in [0.5, 0.6) is 0 Å². The second-order valence-electron chi connectivity index (χ2n) is 4.40. The fourth-order valence-corrected chi connectivity index (χ4v) is 2.01. The molecule has 0 bridgehead atoms. The number of hydrogen-bond acceptors (Lipinski definition) is 5. The molecule has 21 heavy (non-hydrogen) atoms. The summed E-state index contributed by atoms with van der Waals surface area (Å²) in [6.07, 6.45) is 1.61. The number of aryl methyl sites for hydroxylation is 1. The molecule has 7 heteroatoms. The molecule has 0 N–H and O–H groups in total. The van der Waals surface area contributed by atoms with E-state index in [-0.39, 0.29) is 12.4 Å². The van der Waals surface area contributed by atoms with E-state index in [1.807, 2.05) is 19.1 Å². The molecule has 0 amide bonds. The summed E-state index contributed by atoms with van der Waals surface area (Å²) in [6.45, 7) is 1.92.